The third-order valence-electron chi connectivity index (χ3n) is 2.32. The van der Waals surface area contributed by atoms with Crippen molar-refractivity contribution in [3.8, 4) is 0 Å². The zero-order valence-corrected chi connectivity index (χ0v) is 9.56. The standard InChI is InChI=1S/C12H17NO3/c1-3-8-7-9(13)5-6-10(8)12(15)16-11(14)4-2/h5-7,11,14H,3-4,13H2,1-2H3. The fourth-order valence-corrected chi connectivity index (χ4v) is 1.38. The van der Waals surface area contributed by atoms with Crippen molar-refractivity contribution in [1.29, 1.82) is 0 Å². The Morgan fingerprint density at radius 3 is 2.75 bits per heavy atom. The van der Waals surface area contributed by atoms with Crippen LogP contribution in [0.1, 0.15) is 36.2 Å². The Hall–Kier alpha value is -1.55. The topological polar surface area (TPSA) is 72.6 Å². The van der Waals surface area contributed by atoms with E-state index in [0.29, 0.717) is 24.1 Å². The molecule has 0 bridgehead atoms. The van der Waals surface area contributed by atoms with E-state index in [1.807, 2.05) is 6.92 Å². The van der Waals surface area contributed by atoms with E-state index in [4.69, 9.17) is 10.5 Å². The van der Waals surface area contributed by atoms with Crippen LogP contribution >= 0.6 is 0 Å². The third-order valence-corrected chi connectivity index (χ3v) is 2.32. The maximum atomic E-state index is 11.7. The van der Waals surface area contributed by atoms with Gasteiger partial charge in [-0.1, -0.05) is 13.8 Å². The number of carbonyl (C=O) groups excluding carboxylic acids is 1. The zero-order valence-electron chi connectivity index (χ0n) is 9.56. The number of hydrogen-bond acceptors (Lipinski definition) is 4. The van der Waals surface area contributed by atoms with Crippen LogP contribution in [0.15, 0.2) is 18.2 Å². The fraction of sp³-hybridized carbons (Fsp3) is 0.417. The molecule has 0 saturated carbocycles. The number of carbonyl (C=O) groups is 1. The van der Waals surface area contributed by atoms with E-state index in [-0.39, 0.29) is 0 Å². The van der Waals surface area contributed by atoms with Gasteiger partial charge in [0.25, 0.3) is 0 Å². The lowest BCUT2D eigenvalue weighted by Gasteiger charge is -2.12. The second-order valence-electron chi connectivity index (χ2n) is 3.54. The first-order chi connectivity index (χ1) is 7.58. The molecule has 0 heterocycles. The van der Waals surface area contributed by atoms with E-state index in [2.05, 4.69) is 0 Å². The number of esters is 1. The zero-order chi connectivity index (χ0) is 12.1. The molecule has 1 rings (SSSR count). The van der Waals surface area contributed by atoms with Crippen molar-refractivity contribution in [1.82, 2.24) is 0 Å². The van der Waals surface area contributed by atoms with Crippen LogP contribution in [0.4, 0.5) is 5.69 Å². The number of anilines is 1. The highest BCUT2D eigenvalue weighted by atomic mass is 16.6. The van der Waals surface area contributed by atoms with E-state index in [0.717, 1.165) is 5.56 Å². The third kappa shape index (κ3) is 2.97. The maximum Gasteiger partial charge on any atom is 0.340 e. The molecule has 0 radical (unpaired) electrons. The lowest BCUT2D eigenvalue weighted by atomic mass is 10.0. The van der Waals surface area contributed by atoms with E-state index in [1.165, 1.54) is 0 Å². The Balaban J connectivity index is 2.90. The van der Waals surface area contributed by atoms with Crippen molar-refractivity contribution in [2.24, 2.45) is 0 Å². The van der Waals surface area contributed by atoms with Gasteiger partial charge in [0.2, 0.25) is 6.29 Å². The molecule has 4 heteroatoms. The molecule has 0 aliphatic heterocycles. The van der Waals surface area contributed by atoms with Crippen molar-refractivity contribution in [3.63, 3.8) is 0 Å². The predicted molar refractivity (Wildman–Crippen MR) is 61.9 cm³/mol. The molecule has 1 aromatic carbocycles. The van der Waals surface area contributed by atoms with Gasteiger partial charge < -0.3 is 15.6 Å². The Bertz CT molecular complexity index is 377. The highest BCUT2D eigenvalue weighted by Gasteiger charge is 2.15. The predicted octanol–water partition coefficient (Wildman–Crippen LogP) is 1.72. The Morgan fingerprint density at radius 2 is 2.19 bits per heavy atom. The minimum Gasteiger partial charge on any atom is -0.432 e. The van der Waals surface area contributed by atoms with Crippen molar-refractivity contribution in [3.05, 3.63) is 29.3 Å². The van der Waals surface area contributed by atoms with Gasteiger partial charge in [-0.2, -0.15) is 0 Å². The van der Waals surface area contributed by atoms with Crippen molar-refractivity contribution in [2.45, 2.75) is 33.0 Å². The van der Waals surface area contributed by atoms with Gasteiger partial charge >= 0.3 is 5.97 Å². The number of rotatable bonds is 4. The molecule has 1 aromatic rings. The Kier molecular flexibility index (Phi) is 4.31. The quantitative estimate of drug-likeness (QED) is 0.463. The van der Waals surface area contributed by atoms with Crippen molar-refractivity contribution >= 4 is 11.7 Å². The van der Waals surface area contributed by atoms with E-state index in [9.17, 15) is 9.90 Å². The minimum absolute atomic E-state index is 0.377. The number of nitrogens with two attached hydrogens (primary N) is 1. The van der Waals surface area contributed by atoms with Gasteiger partial charge in [-0.3, -0.25) is 0 Å². The lowest BCUT2D eigenvalue weighted by Crippen LogP contribution is -2.17. The number of aliphatic hydroxyl groups excluding tert-OH is 1. The Labute approximate surface area is 95.0 Å². The summed E-state index contributed by atoms with van der Waals surface area (Å²) in [5, 5.41) is 9.24. The van der Waals surface area contributed by atoms with E-state index < -0.39 is 12.3 Å². The smallest absolute Gasteiger partial charge is 0.340 e. The van der Waals surface area contributed by atoms with Gasteiger partial charge in [-0.25, -0.2) is 4.79 Å². The number of ether oxygens (including phenoxy) is 1. The molecule has 3 N–H and O–H groups in total. The second kappa shape index (κ2) is 5.51. The molecule has 0 amide bonds. The summed E-state index contributed by atoms with van der Waals surface area (Å²) in [6.45, 7) is 3.67. The summed E-state index contributed by atoms with van der Waals surface area (Å²) in [4.78, 5) is 11.7. The first kappa shape index (κ1) is 12.5. The molecular weight excluding hydrogens is 206 g/mol. The maximum absolute atomic E-state index is 11.7. The molecular formula is C12H17NO3. The molecule has 1 atom stereocenters. The van der Waals surface area contributed by atoms with Gasteiger partial charge in [0.05, 0.1) is 5.56 Å². The van der Waals surface area contributed by atoms with E-state index in [1.54, 1.807) is 25.1 Å². The van der Waals surface area contributed by atoms with Crippen LogP contribution in [0.25, 0.3) is 0 Å². The summed E-state index contributed by atoms with van der Waals surface area (Å²) in [6, 6.07) is 5.02. The fourth-order valence-electron chi connectivity index (χ4n) is 1.38. The second-order valence-corrected chi connectivity index (χ2v) is 3.54. The average molecular weight is 223 g/mol. The number of nitrogen functional groups attached to an aromatic ring is 1. The molecule has 0 fully saturated rings. The van der Waals surface area contributed by atoms with Gasteiger partial charge in [-0.05, 0) is 30.2 Å². The molecule has 1 unspecified atom stereocenters. The molecule has 4 nitrogen and oxygen atoms in total. The van der Waals surface area contributed by atoms with Crippen LogP contribution in [0.2, 0.25) is 0 Å². The number of hydrogen-bond donors (Lipinski definition) is 2. The van der Waals surface area contributed by atoms with Crippen LogP contribution < -0.4 is 5.73 Å². The van der Waals surface area contributed by atoms with Crippen LogP contribution in [0, 0.1) is 0 Å². The minimum atomic E-state index is -1.05. The monoisotopic (exact) mass is 223 g/mol. The summed E-state index contributed by atoms with van der Waals surface area (Å²) in [6.07, 6.45) is 0.0228. The molecule has 0 aliphatic rings. The molecule has 0 spiro atoms. The summed E-state index contributed by atoms with van der Waals surface area (Å²) in [5.41, 5.74) is 7.53. The normalized spacial score (nSPS) is 12.2. The average Bonchev–Trinajstić information content (AvgIpc) is 2.28. The lowest BCUT2D eigenvalue weighted by molar-refractivity contribution is -0.0657. The number of aryl methyl sites for hydroxylation is 1. The van der Waals surface area contributed by atoms with Gasteiger partial charge in [0, 0.05) is 12.1 Å². The molecule has 88 valence electrons. The largest absolute Gasteiger partial charge is 0.432 e. The van der Waals surface area contributed by atoms with Crippen molar-refractivity contribution < 1.29 is 14.6 Å². The Morgan fingerprint density at radius 1 is 1.50 bits per heavy atom. The molecule has 16 heavy (non-hydrogen) atoms. The number of benzene rings is 1. The summed E-state index contributed by atoms with van der Waals surface area (Å²) in [7, 11) is 0. The molecule has 0 aromatic heterocycles. The number of aliphatic hydroxyl groups is 1. The first-order valence-electron chi connectivity index (χ1n) is 5.35. The SMILES string of the molecule is CCc1cc(N)ccc1C(=O)OC(O)CC. The summed E-state index contributed by atoms with van der Waals surface area (Å²) >= 11 is 0. The highest BCUT2D eigenvalue weighted by molar-refractivity contribution is 5.91. The van der Waals surface area contributed by atoms with Crippen LogP contribution in [-0.4, -0.2) is 17.4 Å². The van der Waals surface area contributed by atoms with Gasteiger partial charge in [0.1, 0.15) is 0 Å². The summed E-state index contributed by atoms with van der Waals surface area (Å²) < 4.78 is 4.84. The highest BCUT2D eigenvalue weighted by Crippen LogP contribution is 2.16. The molecule has 0 saturated heterocycles. The van der Waals surface area contributed by atoms with Crippen LogP contribution in [-0.2, 0) is 11.2 Å². The van der Waals surface area contributed by atoms with E-state index >= 15 is 0 Å². The van der Waals surface area contributed by atoms with Gasteiger partial charge in [0.15, 0.2) is 0 Å². The first-order valence-corrected chi connectivity index (χ1v) is 5.35. The van der Waals surface area contributed by atoms with Crippen LogP contribution in [0.3, 0.4) is 0 Å². The molecule has 0 aliphatic carbocycles. The van der Waals surface area contributed by atoms with Crippen molar-refractivity contribution in [2.75, 3.05) is 5.73 Å². The van der Waals surface area contributed by atoms with Crippen LogP contribution in [0.5, 0.6) is 0 Å². The van der Waals surface area contributed by atoms with Gasteiger partial charge in [-0.15, -0.1) is 0 Å². The summed E-state index contributed by atoms with van der Waals surface area (Å²) in [5.74, 6) is -0.508.